The summed E-state index contributed by atoms with van der Waals surface area (Å²) in [5.41, 5.74) is 1.63. The van der Waals surface area contributed by atoms with Gasteiger partial charge in [0, 0.05) is 48.6 Å². The van der Waals surface area contributed by atoms with Crippen LogP contribution in [0.25, 0.3) is 0 Å². The van der Waals surface area contributed by atoms with Gasteiger partial charge in [0.05, 0.1) is 13.0 Å². The van der Waals surface area contributed by atoms with Crippen molar-refractivity contribution < 1.29 is 27.5 Å². The van der Waals surface area contributed by atoms with Crippen molar-refractivity contribution in [1.82, 2.24) is 15.3 Å². The third-order valence-corrected chi connectivity index (χ3v) is 4.35. The van der Waals surface area contributed by atoms with Crippen LogP contribution in [0.15, 0.2) is 36.7 Å². The molecule has 6 nitrogen and oxygen atoms in total. The van der Waals surface area contributed by atoms with Crippen molar-refractivity contribution in [2.75, 3.05) is 6.61 Å². The number of hydrogen-bond acceptors (Lipinski definition) is 5. The van der Waals surface area contributed by atoms with Gasteiger partial charge < -0.3 is 10.1 Å². The normalized spacial score (nSPS) is 13.8. The summed E-state index contributed by atoms with van der Waals surface area (Å²) in [6.45, 7) is -0.312. The predicted molar refractivity (Wildman–Crippen MR) is 97.2 cm³/mol. The van der Waals surface area contributed by atoms with Gasteiger partial charge in [-0.2, -0.15) is 13.2 Å². The second kappa shape index (κ2) is 9.02. The second-order valence-corrected chi connectivity index (χ2v) is 6.85. The number of nitrogens with one attached hydrogen (secondary N) is 1. The van der Waals surface area contributed by atoms with Crippen molar-refractivity contribution in [1.29, 1.82) is 0 Å². The van der Waals surface area contributed by atoms with E-state index in [0.717, 1.165) is 12.8 Å². The number of hydrogen-bond donors (Lipinski definition) is 1. The molecule has 1 aliphatic rings. The van der Waals surface area contributed by atoms with E-state index in [-0.39, 0.29) is 36.5 Å². The number of halogens is 3. The fourth-order valence-corrected chi connectivity index (χ4v) is 2.60. The highest BCUT2D eigenvalue weighted by Crippen LogP contribution is 2.30. The molecule has 0 radical (unpaired) electrons. The molecular formula is C20H20F3N3O3. The van der Waals surface area contributed by atoms with Gasteiger partial charge >= 0.3 is 6.18 Å². The van der Waals surface area contributed by atoms with E-state index in [4.69, 9.17) is 4.74 Å². The van der Waals surface area contributed by atoms with Gasteiger partial charge in [0.15, 0.2) is 0 Å². The molecule has 2 aromatic rings. The lowest BCUT2D eigenvalue weighted by Crippen LogP contribution is -2.23. The van der Waals surface area contributed by atoms with Crippen LogP contribution in [-0.4, -0.2) is 34.4 Å². The van der Waals surface area contributed by atoms with Gasteiger partial charge in [-0.3, -0.25) is 14.6 Å². The van der Waals surface area contributed by atoms with Crippen molar-refractivity contribution >= 4 is 11.7 Å². The average Bonchev–Trinajstić information content (AvgIpc) is 3.52. The van der Waals surface area contributed by atoms with E-state index in [1.54, 1.807) is 18.2 Å². The lowest BCUT2D eigenvalue weighted by atomic mass is 10.1. The van der Waals surface area contributed by atoms with Crippen LogP contribution in [0.2, 0.25) is 0 Å². The molecular weight excluding hydrogens is 387 g/mol. The zero-order valence-corrected chi connectivity index (χ0v) is 15.5. The third-order valence-electron chi connectivity index (χ3n) is 4.35. The summed E-state index contributed by atoms with van der Waals surface area (Å²) >= 11 is 0. The lowest BCUT2D eigenvalue weighted by molar-refractivity contribution is -0.139. The van der Waals surface area contributed by atoms with Gasteiger partial charge in [0.2, 0.25) is 5.88 Å². The summed E-state index contributed by atoms with van der Waals surface area (Å²) in [5, 5.41) is 2.73. The molecule has 154 valence electrons. The first-order valence-electron chi connectivity index (χ1n) is 9.20. The number of ether oxygens (including phenoxy) is 1. The van der Waals surface area contributed by atoms with Crippen LogP contribution in [0, 0.1) is 5.92 Å². The minimum atomic E-state index is -4.28. The molecule has 0 aromatic carbocycles. The number of amides is 1. The van der Waals surface area contributed by atoms with E-state index in [0.29, 0.717) is 16.8 Å². The number of ketones is 1. The van der Waals surface area contributed by atoms with Gasteiger partial charge in [-0.1, -0.05) is 6.07 Å². The van der Waals surface area contributed by atoms with Crippen LogP contribution < -0.4 is 10.1 Å². The molecule has 0 bridgehead atoms. The monoisotopic (exact) mass is 407 g/mol. The molecule has 0 spiro atoms. The first kappa shape index (κ1) is 20.8. The van der Waals surface area contributed by atoms with Crippen LogP contribution >= 0.6 is 0 Å². The van der Waals surface area contributed by atoms with Crippen molar-refractivity contribution in [3.05, 3.63) is 53.5 Å². The molecule has 29 heavy (non-hydrogen) atoms. The zero-order valence-electron chi connectivity index (χ0n) is 15.5. The standard InChI is InChI=1S/C20H20F3N3O3/c21-20(22,23)6-8-29-18-4-1-13(11-25-18)12-26-19(28)15-5-7-24-16(9-15)10-17(27)14-2-3-14/h1,4-5,7,9,11,14H,2-3,6,8,10,12H2,(H,26,28). The highest BCUT2D eigenvalue weighted by molar-refractivity contribution is 5.94. The van der Waals surface area contributed by atoms with E-state index < -0.39 is 19.2 Å². The Kier molecular flexibility index (Phi) is 6.46. The molecule has 0 atom stereocenters. The maximum Gasteiger partial charge on any atom is 0.392 e. The Hall–Kier alpha value is -2.97. The quantitative estimate of drug-likeness (QED) is 0.690. The summed E-state index contributed by atoms with van der Waals surface area (Å²) in [5.74, 6) is 0.0577. The van der Waals surface area contributed by atoms with Crippen molar-refractivity contribution in [3.8, 4) is 5.88 Å². The predicted octanol–water partition coefficient (Wildman–Crippen LogP) is 3.26. The lowest BCUT2D eigenvalue weighted by Gasteiger charge is -2.09. The molecule has 2 heterocycles. The Morgan fingerprint density at radius 1 is 1.17 bits per heavy atom. The number of aromatic nitrogens is 2. The largest absolute Gasteiger partial charge is 0.477 e. The van der Waals surface area contributed by atoms with Crippen LogP contribution in [0.4, 0.5) is 13.2 Å². The number of rotatable bonds is 9. The number of carbonyl (C=O) groups is 2. The van der Waals surface area contributed by atoms with Crippen LogP contribution in [0.3, 0.4) is 0 Å². The highest BCUT2D eigenvalue weighted by atomic mass is 19.4. The summed E-state index contributed by atoms with van der Waals surface area (Å²) < 4.78 is 41.3. The van der Waals surface area contributed by atoms with E-state index in [2.05, 4.69) is 15.3 Å². The summed E-state index contributed by atoms with van der Waals surface area (Å²) in [4.78, 5) is 32.3. The van der Waals surface area contributed by atoms with Gasteiger partial charge in [-0.25, -0.2) is 4.98 Å². The molecule has 0 unspecified atom stereocenters. The number of Topliss-reactive ketones (excluding diaryl/α,β-unsaturated/α-hetero) is 1. The van der Waals surface area contributed by atoms with Gasteiger partial charge in [0.25, 0.3) is 5.91 Å². The molecule has 1 aliphatic carbocycles. The topological polar surface area (TPSA) is 81.2 Å². The highest BCUT2D eigenvalue weighted by Gasteiger charge is 2.29. The number of carbonyl (C=O) groups excluding carboxylic acids is 2. The molecule has 1 N–H and O–H groups in total. The van der Waals surface area contributed by atoms with Crippen LogP contribution in [0.1, 0.15) is 40.9 Å². The zero-order chi connectivity index (χ0) is 20.9. The molecule has 0 saturated heterocycles. The Morgan fingerprint density at radius 2 is 1.97 bits per heavy atom. The summed E-state index contributed by atoms with van der Waals surface area (Å²) in [7, 11) is 0. The molecule has 1 amide bonds. The second-order valence-electron chi connectivity index (χ2n) is 6.85. The Labute approximate surface area is 165 Å². The first-order valence-corrected chi connectivity index (χ1v) is 9.20. The Balaban J connectivity index is 1.48. The van der Waals surface area contributed by atoms with Crippen molar-refractivity contribution in [2.24, 2.45) is 5.92 Å². The van der Waals surface area contributed by atoms with E-state index in [1.807, 2.05) is 0 Å². The number of pyridine rings is 2. The molecule has 1 fully saturated rings. The molecule has 3 rings (SSSR count). The molecule has 2 aromatic heterocycles. The minimum Gasteiger partial charge on any atom is -0.477 e. The van der Waals surface area contributed by atoms with Crippen LogP contribution in [-0.2, 0) is 17.8 Å². The van der Waals surface area contributed by atoms with Gasteiger partial charge in [0.1, 0.15) is 5.78 Å². The van der Waals surface area contributed by atoms with Gasteiger partial charge in [-0.15, -0.1) is 0 Å². The Morgan fingerprint density at radius 3 is 2.62 bits per heavy atom. The minimum absolute atomic E-state index is 0.0865. The number of nitrogens with zero attached hydrogens (tertiary/aromatic N) is 2. The Bertz CT molecular complexity index is 865. The smallest absolute Gasteiger partial charge is 0.392 e. The fraction of sp³-hybridized carbons (Fsp3) is 0.400. The summed E-state index contributed by atoms with van der Waals surface area (Å²) in [6, 6.07) is 6.23. The molecule has 9 heteroatoms. The summed E-state index contributed by atoms with van der Waals surface area (Å²) in [6.07, 6.45) is -0.312. The van der Waals surface area contributed by atoms with Crippen LogP contribution in [0.5, 0.6) is 5.88 Å². The van der Waals surface area contributed by atoms with Crippen molar-refractivity contribution in [2.45, 2.75) is 38.4 Å². The van der Waals surface area contributed by atoms with Gasteiger partial charge in [-0.05, 0) is 30.5 Å². The number of alkyl halides is 3. The SMILES string of the molecule is O=C(NCc1ccc(OCCC(F)(F)F)nc1)c1ccnc(CC(=O)C2CC2)c1. The first-order chi connectivity index (χ1) is 13.8. The van der Waals surface area contributed by atoms with E-state index in [1.165, 1.54) is 18.5 Å². The maximum atomic E-state index is 12.3. The van der Waals surface area contributed by atoms with E-state index >= 15 is 0 Å². The fourth-order valence-electron chi connectivity index (χ4n) is 2.60. The molecule has 1 saturated carbocycles. The maximum absolute atomic E-state index is 12.3. The third kappa shape index (κ3) is 6.85. The van der Waals surface area contributed by atoms with Crippen molar-refractivity contribution in [3.63, 3.8) is 0 Å². The average molecular weight is 407 g/mol. The van der Waals surface area contributed by atoms with E-state index in [9.17, 15) is 22.8 Å². The molecule has 0 aliphatic heterocycles.